The fourth-order valence-corrected chi connectivity index (χ4v) is 2.11. The number of rotatable bonds is 3. The highest BCUT2D eigenvalue weighted by Gasteiger charge is 2.14. The van der Waals surface area contributed by atoms with Gasteiger partial charge in [-0.05, 0) is 42.0 Å². The molecule has 0 heterocycles. The number of carboxylic acids is 1. The van der Waals surface area contributed by atoms with Gasteiger partial charge < -0.3 is 5.11 Å². The Morgan fingerprint density at radius 3 is 2.55 bits per heavy atom. The second-order valence-corrected chi connectivity index (χ2v) is 4.89. The lowest BCUT2D eigenvalue weighted by atomic mass is 10.0. The summed E-state index contributed by atoms with van der Waals surface area (Å²) in [6.07, 6.45) is 1.35. The zero-order chi connectivity index (χ0) is 14.7. The molecule has 20 heavy (non-hydrogen) atoms. The SMILES string of the molecule is O=C(O)/C(=C\c1cccc(F)c1)c1cc(Cl)ccc1Cl. The fourth-order valence-electron chi connectivity index (χ4n) is 1.72. The normalized spacial score (nSPS) is 11.4. The maximum Gasteiger partial charge on any atom is 0.336 e. The van der Waals surface area contributed by atoms with E-state index in [1.54, 1.807) is 12.1 Å². The molecule has 102 valence electrons. The Labute approximate surface area is 125 Å². The highest BCUT2D eigenvalue weighted by Crippen LogP contribution is 2.29. The topological polar surface area (TPSA) is 37.3 Å². The van der Waals surface area contributed by atoms with Gasteiger partial charge in [0.05, 0.1) is 5.57 Å². The molecule has 0 aromatic heterocycles. The molecule has 0 aliphatic rings. The van der Waals surface area contributed by atoms with Gasteiger partial charge in [-0.25, -0.2) is 9.18 Å². The monoisotopic (exact) mass is 310 g/mol. The van der Waals surface area contributed by atoms with E-state index in [1.165, 1.54) is 36.4 Å². The predicted molar refractivity (Wildman–Crippen MR) is 78.4 cm³/mol. The first-order valence-corrected chi connectivity index (χ1v) is 6.39. The molecule has 0 spiro atoms. The summed E-state index contributed by atoms with van der Waals surface area (Å²) < 4.78 is 13.1. The molecule has 0 atom stereocenters. The number of hydrogen-bond acceptors (Lipinski definition) is 1. The van der Waals surface area contributed by atoms with Gasteiger partial charge in [-0.15, -0.1) is 0 Å². The third-order valence-electron chi connectivity index (χ3n) is 2.61. The highest BCUT2D eigenvalue weighted by atomic mass is 35.5. The Bertz CT molecular complexity index is 696. The summed E-state index contributed by atoms with van der Waals surface area (Å²) in [6.45, 7) is 0. The van der Waals surface area contributed by atoms with Crippen molar-refractivity contribution in [1.29, 1.82) is 0 Å². The third kappa shape index (κ3) is 3.38. The Morgan fingerprint density at radius 1 is 1.15 bits per heavy atom. The molecule has 2 aromatic carbocycles. The van der Waals surface area contributed by atoms with Crippen molar-refractivity contribution in [1.82, 2.24) is 0 Å². The van der Waals surface area contributed by atoms with E-state index in [2.05, 4.69) is 0 Å². The van der Waals surface area contributed by atoms with Crippen molar-refractivity contribution in [2.45, 2.75) is 0 Å². The number of carbonyl (C=O) groups is 1. The van der Waals surface area contributed by atoms with Crippen LogP contribution in [0.3, 0.4) is 0 Å². The molecule has 0 radical (unpaired) electrons. The predicted octanol–water partition coefficient (Wildman–Crippen LogP) is 4.76. The van der Waals surface area contributed by atoms with Crippen LogP contribution in [-0.4, -0.2) is 11.1 Å². The average molecular weight is 311 g/mol. The van der Waals surface area contributed by atoms with Crippen LogP contribution in [0.4, 0.5) is 4.39 Å². The fraction of sp³-hybridized carbons (Fsp3) is 0. The molecule has 0 amide bonds. The van der Waals surface area contributed by atoms with Crippen LogP contribution in [0.2, 0.25) is 10.0 Å². The molecule has 1 N–H and O–H groups in total. The molecule has 0 aliphatic carbocycles. The third-order valence-corrected chi connectivity index (χ3v) is 3.17. The van der Waals surface area contributed by atoms with Crippen LogP contribution in [0.25, 0.3) is 11.6 Å². The number of aliphatic carboxylic acids is 1. The molecule has 2 aromatic rings. The van der Waals surface area contributed by atoms with E-state index >= 15 is 0 Å². The van der Waals surface area contributed by atoms with Crippen LogP contribution in [0.5, 0.6) is 0 Å². The van der Waals surface area contributed by atoms with E-state index < -0.39 is 11.8 Å². The van der Waals surface area contributed by atoms with E-state index in [0.717, 1.165) is 0 Å². The molecule has 5 heteroatoms. The van der Waals surface area contributed by atoms with Crippen molar-refractivity contribution >= 4 is 40.8 Å². The minimum absolute atomic E-state index is 0.0527. The highest BCUT2D eigenvalue weighted by molar-refractivity contribution is 6.37. The Hall–Kier alpha value is -1.84. The van der Waals surface area contributed by atoms with Crippen LogP contribution >= 0.6 is 23.2 Å². The van der Waals surface area contributed by atoms with Crippen LogP contribution < -0.4 is 0 Å². The van der Waals surface area contributed by atoms with Crippen molar-refractivity contribution < 1.29 is 14.3 Å². The summed E-state index contributed by atoms with van der Waals surface area (Å²) in [5, 5.41) is 9.94. The lowest BCUT2D eigenvalue weighted by Gasteiger charge is -2.06. The van der Waals surface area contributed by atoms with Crippen LogP contribution in [0.1, 0.15) is 11.1 Å². The lowest BCUT2D eigenvalue weighted by molar-refractivity contribution is -0.130. The number of hydrogen-bond donors (Lipinski definition) is 1. The minimum atomic E-state index is -1.17. The average Bonchev–Trinajstić information content (AvgIpc) is 2.39. The van der Waals surface area contributed by atoms with E-state index in [9.17, 15) is 14.3 Å². The maximum atomic E-state index is 13.1. The van der Waals surface area contributed by atoms with Crippen molar-refractivity contribution in [2.24, 2.45) is 0 Å². The Kier molecular flexibility index (Phi) is 4.42. The maximum absolute atomic E-state index is 13.1. The van der Waals surface area contributed by atoms with Gasteiger partial charge in [0.1, 0.15) is 5.82 Å². The molecule has 0 saturated carbocycles. The molecule has 0 aliphatic heterocycles. The van der Waals surface area contributed by atoms with Gasteiger partial charge in [0.25, 0.3) is 0 Å². The standard InChI is InChI=1S/C15H9Cl2FO2/c16-10-4-5-14(17)12(8-10)13(15(19)20)7-9-2-1-3-11(18)6-9/h1-8H,(H,19,20)/b13-7-. The van der Waals surface area contributed by atoms with Crippen molar-refractivity contribution in [2.75, 3.05) is 0 Å². The summed E-state index contributed by atoms with van der Waals surface area (Å²) in [5.41, 5.74) is 0.664. The lowest BCUT2D eigenvalue weighted by Crippen LogP contribution is -2.00. The summed E-state index contributed by atoms with van der Waals surface area (Å²) in [4.78, 5) is 11.4. The van der Waals surface area contributed by atoms with Crippen LogP contribution in [0, 0.1) is 5.82 Å². The first-order chi connectivity index (χ1) is 9.47. The molecule has 0 bridgehead atoms. The zero-order valence-electron chi connectivity index (χ0n) is 10.1. The Morgan fingerprint density at radius 2 is 1.90 bits per heavy atom. The molecule has 0 saturated heterocycles. The van der Waals surface area contributed by atoms with Crippen LogP contribution in [-0.2, 0) is 4.79 Å². The summed E-state index contributed by atoms with van der Waals surface area (Å²) in [7, 11) is 0. The van der Waals surface area contributed by atoms with Gasteiger partial charge >= 0.3 is 5.97 Å². The van der Waals surface area contributed by atoms with Gasteiger partial charge in [0.15, 0.2) is 0 Å². The number of benzene rings is 2. The number of carboxylic acid groups (broad SMARTS) is 1. The van der Waals surface area contributed by atoms with Gasteiger partial charge in [-0.1, -0.05) is 35.3 Å². The van der Waals surface area contributed by atoms with Crippen LogP contribution in [0.15, 0.2) is 42.5 Å². The molecular formula is C15H9Cl2FO2. The summed E-state index contributed by atoms with van der Waals surface area (Å²) in [6, 6.07) is 10.2. The van der Waals surface area contributed by atoms with Gasteiger partial charge in [-0.3, -0.25) is 0 Å². The first-order valence-electron chi connectivity index (χ1n) is 5.63. The summed E-state index contributed by atoms with van der Waals surface area (Å²) >= 11 is 11.9. The van der Waals surface area contributed by atoms with Crippen molar-refractivity contribution in [3.63, 3.8) is 0 Å². The molecular weight excluding hydrogens is 302 g/mol. The van der Waals surface area contributed by atoms with E-state index in [-0.39, 0.29) is 16.2 Å². The molecule has 2 rings (SSSR count). The molecule has 0 fully saturated rings. The van der Waals surface area contributed by atoms with Crippen molar-refractivity contribution in [3.05, 3.63) is 69.5 Å². The Balaban J connectivity index is 2.57. The van der Waals surface area contributed by atoms with Crippen molar-refractivity contribution in [3.8, 4) is 0 Å². The largest absolute Gasteiger partial charge is 0.478 e. The van der Waals surface area contributed by atoms with E-state index in [0.29, 0.717) is 10.6 Å². The van der Waals surface area contributed by atoms with E-state index in [1.807, 2.05) is 0 Å². The van der Waals surface area contributed by atoms with E-state index in [4.69, 9.17) is 23.2 Å². The smallest absolute Gasteiger partial charge is 0.336 e. The second-order valence-electron chi connectivity index (χ2n) is 4.04. The molecule has 0 unspecified atom stereocenters. The van der Waals surface area contributed by atoms with Gasteiger partial charge in [-0.2, -0.15) is 0 Å². The van der Waals surface area contributed by atoms with Gasteiger partial charge in [0.2, 0.25) is 0 Å². The second kappa shape index (κ2) is 6.07. The molecule has 2 nitrogen and oxygen atoms in total. The minimum Gasteiger partial charge on any atom is -0.478 e. The quantitative estimate of drug-likeness (QED) is 0.655. The van der Waals surface area contributed by atoms with Gasteiger partial charge in [0, 0.05) is 15.6 Å². The zero-order valence-corrected chi connectivity index (χ0v) is 11.6. The first kappa shape index (κ1) is 14.6. The summed E-state index contributed by atoms with van der Waals surface area (Å²) in [5.74, 6) is -1.61. The number of halogens is 3.